The summed E-state index contributed by atoms with van der Waals surface area (Å²) in [5, 5.41) is 2.92. The molecule has 41 heavy (non-hydrogen) atoms. The van der Waals surface area contributed by atoms with E-state index >= 15 is 0 Å². The highest BCUT2D eigenvalue weighted by Crippen LogP contribution is 2.32. The maximum Gasteiger partial charge on any atom is 0.264 e. The molecular weight excluding hydrogens is 542 g/mol. The van der Waals surface area contributed by atoms with Gasteiger partial charge in [-0.2, -0.15) is 0 Å². The maximum atomic E-state index is 14.1. The smallest absolute Gasteiger partial charge is 0.264 e. The van der Waals surface area contributed by atoms with Gasteiger partial charge in [-0.25, -0.2) is 8.42 Å². The molecule has 2 amide bonds. The number of carbonyl (C=O) groups excluding carboxylic acids is 2. The average molecular weight is 582 g/mol. The third kappa shape index (κ3) is 8.00. The first-order valence-electron chi connectivity index (χ1n) is 13.2. The number of nitrogens with zero attached hydrogens (tertiary/aromatic N) is 2. The summed E-state index contributed by atoms with van der Waals surface area (Å²) < 4.78 is 39.7. The van der Waals surface area contributed by atoms with Crippen molar-refractivity contribution in [3.05, 3.63) is 83.9 Å². The molecule has 1 atom stereocenters. The molecule has 9 nitrogen and oxygen atoms in total. The summed E-state index contributed by atoms with van der Waals surface area (Å²) in [6.07, 6.45) is 0. The summed E-state index contributed by atoms with van der Waals surface area (Å²) in [4.78, 5) is 28.7. The number of amides is 2. The van der Waals surface area contributed by atoms with Crippen molar-refractivity contribution in [1.82, 2.24) is 10.2 Å². The summed E-state index contributed by atoms with van der Waals surface area (Å²) in [7, 11) is -1.20. The largest absolute Gasteiger partial charge is 0.497 e. The molecule has 0 aromatic heterocycles. The van der Waals surface area contributed by atoms with Gasteiger partial charge in [0.2, 0.25) is 11.8 Å². The lowest BCUT2D eigenvalue weighted by Crippen LogP contribution is -2.54. The first kappa shape index (κ1) is 31.5. The number of anilines is 1. The van der Waals surface area contributed by atoms with Gasteiger partial charge in [0.25, 0.3) is 10.0 Å². The van der Waals surface area contributed by atoms with Crippen LogP contribution in [0.4, 0.5) is 5.69 Å². The van der Waals surface area contributed by atoms with Gasteiger partial charge in [-0.3, -0.25) is 13.9 Å². The van der Waals surface area contributed by atoms with Gasteiger partial charge in [-0.15, -0.1) is 0 Å². The van der Waals surface area contributed by atoms with Gasteiger partial charge in [0.05, 0.1) is 24.8 Å². The molecule has 1 unspecified atom stereocenters. The minimum Gasteiger partial charge on any atom is -0.497 e. The number of rotatable bonds is 11. The van der Waals surface area contributed by atoms with Crippen molar-refractivity contribution in [2.45, 2.75) is 57.6 Å². The Labute approximate surface area is 243 Å². The highest BCUT2D eigenvalue weighted by Gasteiger charge is 2.34. The molecule has 0 bridgehead atoms. The third-order valence-corrected chi connectivity index (χ3v) is 8.19. The Kier molecular flexibility index (Phi) is 10.0. The lowest BCUT2D eigenvalue weighted by molar-refractivity contribution is -0.140. The van der Waals surface area contributed by atoms with Gasteiger partial charge in [0.15, 0.2) is 0 Å². The van der Waals surface area contributed by atoms with Crippen molar-refractivity contribution in [2.24, 2.45) is 0 Å². The standard InChI is InChI=1S/C31H39N3O6S/c1-22-12-18-26(19-13-22)41(37,38)34(27-10-8-9-11-28(27)40-7)21-29(35)33(23(2)30(36)32-31(3,4)5)20-24-14-16-25(39-6)17-15-24/h8-19,23H,20-21H2,1-7H3,(H,32,36). The van der Waals surface area contributed by atoms with E-state index < -0.39 is 34.1 Å². The number of carbonyl (C=O) groups is 2. The van der Waals surface area contributed by atoms with Crippen molar-refractivity contribution in [2.75, 3.05) is 25.1 Å². The molecule has 0 aliphatic rings. The fourth-order valence-electron chi connectivity index (χ4n) is 4.17. The van der Waals surface area contributed by atoms with Gasteiger partial charge < -0.3 is 19.7 Å². The fraction of sp³-hybridized carbons (Fsp3) is 0.355. The first-order chi connectivity index (χ1) is 19.3. The molecule has 0 spiro atoms. The average Bonchev–Trinajstić information content (AvgIpc) is 2.93. The number of hydrogen-bond donors (Lipinski definition) is 1. The molecule has 3 aromatic rings. The number of methoxy groups -OCH3 is 2. The van der Waals surface area contributed by atoms with E-state index in [2.05, 4.69) is 5.32 Å². The zero-order valence-corrected chi connectivity index (χ0v) is 25.5. The monoisotopic (exact) mass is 581 g/mol. The van der Waals surface area contributed by atoms with E-state index in [-0.39, 0.29) is 28.8 Å². The van der Waals surface area contributed by atoms with Crippen molar-refractivity contribution < 1.29 is 27.5 Å². The third-order valence-electron chi connectivity index (χ3n) is 6.42. The molecule has 0 radical (unpaired) electrons. The fourth-order valence-corrected chi connectivity index (χ4v) is 5.60. The molecule has 220 valence electrons. The Morgan fingerprint density at radius 3 is 2.07 bits per heavy atom. The lowest BCUT2D eigenvalue weighted by atomic mass is 10.1. The van der Waals surface area contributed by atoms with Crippen LogP contribution >= 0.6 is 0 Å². The summed E-state index contributed by atoms with van der Waals surface area (Å²) in [6.45, 7) is 8.57. The Hall–Kier alpha value is -4.05. The zero-order valence-electron chi connectivity index (χ0n) is 24.7. The SMILES string of the molecule is COc1ccc(CN(C(=O)CN(c2ccccc2OC)S(=O)(=O)c2ccc(C)cc2)C(C)C(=O)NC(C)(C)C)cc1. The number of para-hydroxylation sites is 2. The van der Waals surface area contributed by atoms with E-state index in [4.69, 9.17) is 9.47 Å². The normalized spacial score (nSPS) is 12.3. The molecule has 1 N–H and O–H groups in total. The molecule has 10 heteroatoms. The highest BCUT2D eigenvalue weighted by atomic mass is 32.2. The summed E-state index contributed by atoms with van der Waals surface area (Å²) in [5.41, 5.74) is 1.33. The number of aryl methyl sites for hydroxylation is 1. The lowest BCUT2D eigenvalue weighted by Gasteiger charge is -2.33. The predicted octanol–water partition coefficient (Wildman–Crippen LogP) is 4.54. The van der Waals surface area contributed by atoms with Crippen LogP contribution in [0, 0.1) is 6.92 Å². The number of nitrogens with one attached hydrogen (secondary N) is 1. The van der Waals surface area contributed by atoms with Crippen LogP contribution in [0.5, 0.6) is 11.5 Å². The Bertz CT molecular complexity index is 1450. The van der Waals surface area contributed by atoms with Crippen LogP contribution in [-0.2, 0) is 26.2 Å². The van der Waals surface area contributed by atoms with E-state index in [0.717, 1.165) is 15.4 Å². The quantitative estimate of drug-likeness (QED) is 0.357. The zero-order chi connectivity index (χ0) is 30.4. The van der Waals surface area contributed by atoms with Crippen LogP contribution in [0.3, 0.4) is 0 Å². The maximum absolute atomic E-state index is 14.1. The summed E-state index contributed by atoms with van der Waals surface area (Å²) in [5.74, 6) is 0.0245. The van der Waals surface area contributed by atoms with Crippen LogP contribution in [0.2, 0.25) is 0 Å². The van der Waals surface area contributed by atoms with Crippen LogP contribution in [-0.4, -0.2) is 57.5 Å². The summed E-state index contributed by atoms with van der Waals surface area (Å²) in [6, 6.07) is 19.2. The molecule has 0 aliphatic carbocycles. The van der Waals surface area contributed by atoms with Gasteiger partial charge in [-0.1, -0.05) is 42.0 Å². The number of ether oxygens (including phenoxy) is 2. The molecular formula is C31H39N3O6S. The van der Waals surface area contributed by atoms with Crippen LogP contribution in [0.15, 0.2) is 77.7 Å². The van der Waals surface area contributed by atoms with E-state index in [1.807, 2.05) is 27.7 Å². The number of hydrogen-bond acceptors (Lipinski definition) is 6. The number of benzene rings is 3. The topological polar surface area (TPSA) is 105 Å². The molecule has 0 fully saturated rings. The Morgan fingerprint density at radius 1 is 0.902 bits per heavy atom. The molecule has 3 aromatic carbocycles. The van der Waals surface area contributed by atoms with Gasteiger partial charge in [0.1, 0.15) is 24.1 Å². The van der Waals surface area contributed by atoms with E-state index in [1.165, 1.54) is 24.1 Å². The Morgan fingerprint density at radius 2 is 1.51 bits per heavy atom. The van der Waals surface area contributed by atoms with E-state index in [9.17, 15) is 18.0 Å². The molecule has 0 heterocycles. The van der Waals surface area contributed by atoms with Crippen molar-refractivity contribution in [3.63, 3.8) is 0 Å². The van der Waals surface area contributed by atoms with Gasteiger partial charge >= 0.3 is 0 Å². The van der Waals surface area contributed by atoms with Crippen molar-refractivity contribution in [1.29, 1.82) is 0 Å². The van der Waals surface area contributed by atoms with Crippen molar-refractivity contribution in [3.8, 4) is 11.5 Å². The number of sulfonamides is 1. The molecule has 0 aliphatic heterocycles. The van der Waals surface area contributed by atoms with E-state index in [1.54, 1.807) is 74.7 Å². The minimum atomic E-state index is -4.20. The second-order valence-electron chi connectivity index (χ2n) is 10.8. The van der Waals surface area contributed by atoms with Gasteiger partial charge in [0, 0.05) is 12.1 Å². The van der Waals surface area contributed by atoms with Crippen LogP contribution in [0.25, 0.3) is 0 Å². The first-order valence-corrected chi connectivity index (χ1v) is 14.7. The predicted molar refractivity (Wildman–Crippen MR) is 160 cm³/mol. The summed E-state index contributed by atoms with van der Waals surface area (Å²) >= 11 is 0. The van der Waals surface area contributed by atoms with Crippen LogP contribution in [0.1, 0.15) is 38.8 Å². The minimum absolute atomic E-state index is 0.0297. The molecule has 0 saturated heterocycles. The van der Waals surface area contributed by atoms with Gasteiger partial charge in [-0.05, 0) is 76.6 Å². The second kappa shape index (κ2) is 13.1. The Balaban J connectivity index is 2.07. The highest BCUT2D eigenvalue weighted by molar-refractivity contribution is 7.92. The van der Waals surface area contributed by atoms with Crippen molar-refractivity contribution >= 4 is 27.5 Å². The van der Waals surface area contributed by atoms with Crippen LogP contribution < -0.4 is 19.1 Å². The molecule has 0 saturated carbocycles. The molecule has 3 rings (SSSR count). The van der Waals surface area contributed by atoms with E-state index in [0.29, 0.717) is 5.75 Å². The second-order valence-corrected chi connectivity index (χ2v) is 12.6.